The van der Waals surface area contributed by atoms with Crippen molar-refractivity contribution in [2.24, 2.45) is 10.4 Å². The Kier molecular flexibility index (Phi) is 6.03. The van der Waals surface area contributed by atoms with Crippen LogP contribution in [0.4, 0.5) is 0 Å². The molecule has 0 radical (unpaired) electrons. The number of guanidine groups is 1. The minimum Gasteiger partial charge on any atom is -0.469 e. The highest BCUT2D eigenvalue weighted by molar-refractivity contribution is 5.85. The lowest BCUT2D eigenvalue weighted by Gasteiger charge is -2.40. The largest absolute Gasteiger partial charge is 0.469 e. The maximum atomic E-state index is 12.0. The first-order chi connectivity index (χ1) is 13.0. The van der Waals surface area contributed by atoms with Crippen LogP contribution in [0.2, 0.25) is 0 Å². The third-order valence-corrected chi connectivity index (χ3v) is 5.25. The zero-order valence-electron chi connectivity index (χ0n) is 16.2. The van der Waals surface area contributed by atoms with E-state index in [1.54, 1.807) is 25.3 Å². The number of furan rings is 1. The predicted octanol–water partition coefficient (Wildman–Crippen LogP) is 0.458. The van der Waals surface area contributed by atoms with E-state index in [2.05, 4.69) is 20.5 Å². The Labute approximate surface area is 160 Å². The Balaban J connectivity index is 1.66. The van der Waals surface area contributed by atoms with E-state index in [0.717, 1.165) is 50.6 Å². The van der Waals surface area contributed by atoms with E-state index in [4.69, 9.17) is 4.42 Å². The molecule has 8 nitrogen and oxygen atoms in total. The fourth-order valence-electron chi connectivity index (χ4n) is 3.73. The van der Waals surface area contributed by atoms with Crippen LogP contribution in [0.1, 0.15) is 25.0 Å². The van der Waals surface area contributed by atoms with E-state index < -0.39 is 0 Å². The molecular formula is C19H29N5O3. The van der Waals surface area contributed by atoms with Crippen molar-refractivity contribution < 1.29 is 14.0 Å². The van der Waals surface area contributed by atoms with Gasteiger partial charge in [-0.05, 0) is 25.0 Å². The smallest absolute Gasteiger partial charge is 0.243 e. The Morgan fingerprint density at radius 1 is 1.48 bits per heavy atom. The molecule has 0 saturated carbocycles. The summed E-state index contributed by atoms with van der Waals surface area (Å²) in [6.45, 7) is 3.14. The average molecular weight is 375 g/mol. The molecule has 1 atom stereocenters. The molecule has 27 heavy (non-hydrogen) atoms. The van der Waals surface area contributed by atoms with Crippen molar-refractivity contribution in [3.63, 3.8) is 0 Å². The Bertz CT molecular complexity index is 686. The molecule has 1 aromatic rings. The highest BCUT2D eigenvalue weighted by atomic mass is 16.3. The van der Waals surface area contributed by atoms with Crippen molar-refractivity contribution in [2.45, 2.75) is 25.7 Å². The van der Waals surface area contributed by atoms with E-state index in [0.29, 0.717) is 13.0 Å². The number of hydrogen-bond donors (Lipinski definition) is 2. The Morgan fingerprint density at radius 2 is 2.33 bits per heavy atom. The van der Waals surface area contributed by atoms with Crippen LogP contribution in [-0.4, -0.2) is 74.4 Å². The van der Waals surface area contributed by atoms with Gasteiger partial charge in [-0.3, -0.25) is 9.59 Å². The maximum Gasteiger partial charge on any atom is 0.243 e. The van der Waals surface area contributed by atoms with Crippen LogP contribution in [0.5, 0.6) is 0 Å². The molecule has 2 amide bonds. The Morgan fingerprint density at radius 3 is 3.00 bits per heavy atom. The molecule has 2 aliphatic heterocycles. The number of piperidine rings is 1. The van der Waals surface area contributed by atoms with Gasteiger partial charge in [-0.15, -0.1) is 0 Å². The van der Waals surface area contributed by atoms with Gasteiger partial charge in [0.2, 0.25) is 11.8 Å². The molecule has 8 heteroatoms. The molecule has 1 spiro atoms. The number of nitrogens with zero attached hydrogens (tertiary/aromatic N) is 3. The number of nitrogens with one attached hydrogen (secondary N) is 2. The fourth-order valence-corrected chi connectivity index (χ4v) is 3.73. The van der Waals surface area contributed by atoms with Crippen molar-refractivity contribution in [3.05, 3.63) is 24.2 Å². The minimum absolute atomic E-state index is 0.0235. The molecule has 2 aliphatic rings. The van der Waals surface area contributed by atoms with Crippen LogP contribution < -0.4 is 10.6 Å². The first kappa shape index (κ1) is 19.3. The molecule has 2 fully saturated rings. The van der Waals surface area contributed by atoms with Crippen molar-refractivity contribution in [1.82, 2.24) is 20.4 Å². The number of aliphatic imine (C=N–C) groups is 1. The summed E-state index contributed by atoms with van der Waals surface area (Å²) in [4.78, 5) is 32.0. The van der Waals surface area contributed by atoms with Gasteiger partial charge in [0, 0.05) is 58.5 Å². The quantitative estimate of drug-likeness (QED) is 0.576. The maximum absolute atomic E-state index is 12.0. The summed E-state index contributed by atoms with van der Waals surface area (Å²) in [6, 6.07) is 3.82. The summed E-state index contributed by atoms with van der Waals surface area (Å²) in [5.74, 6) is 1.73. The third-order valence-electron chi connectivity index (χ3n) is 5.25. The molecule has 2 N–H and O–H groups in total. The summed E-state index contributed by atoms with van der Waals surface area (Å²) < 4.78 is 5.38. The standard InChI is InChI=1S/C19H29N5O3/c1-23(2)17(26)12-21-18(20-8-6-15-5-3-10-27-15)24-9-4-7-19(14-24)11-16(25)22-13-19/h3,5,10H,4,6-9,11-14H2,1-2H3,(H,20,21)(H,22,25). The van der Waals surface area contributed by atoms with Crippen LogP contribution in [0.3, 0.4) is 0 Å². The zero-order valence-corrected chi connectivity index (χ0v) is 16.2. The first-order valence-electron chi connectivity index (χ1n) is 9.50. The lowest BCUT2D eigenvalue weighted by molar-refractivity contribution is -0.127. The SMILES string of the molecule is CN(C)C(=O)CN=C(NCCc1ccco1)N1CCCC2(CNC(=O)C2)C1. The van der Waals surface area contributed by atoms with Crippen LogP contribution in [-0.2, 0) is 16.0 Å². The number of amides is 2. The Hall–Kier alpha value is -2.51. The summed E-state index contributed by atoms with van der Waals surface area (Å²) in [6.07, 6.45) is 5.03. The van der Waals surface area contributed by atoms with Gasteiger partial charge in [-0.1, -0.05) is 0 Å². The fraction of sp³-hybridized carbons (Fsp3) is 0.632. The van der Waals surface area contributed by atoms with Crippen LogP contribution in [0.25, 0.3) is 0 Å². The molecule has 0 aromatic carbocycles. The number of rotatable bonds is 5. The van der Waals surface area contributed by atoms with Crippen molar-refractivity contribution in [3.8, 4) is 0 Å². The molecule has 3 rings (SSSR count). The second kappa shape index (κ2) is 8.45. The van der Waals surface area contributed by atoms with Gasteiger partial charge in [0.05, 0.1) is 6.26 Å². The van der Waals surface area contributed by atoms with E-state index in [-0.39, 0.29) is 23.8 Å². The third kappa shape index (κ3) is 5.02. The van der Waals surface area contributed by atoms with E-state index in [1.807, 2.05) is 12.1 Å². The average Bonchev–Trinajstić information content (AvgIpc) is 3.27. The molecule has 0 aliphatic carbocycles. The summed E-state index contributed by atoms with van der Waals surface area (Å²) >= 11 is 0. The van der Waals surface area contributed by atoms with Gasteiger partial charge in [0.25, 0.3) is 0 Å². The van der Waals surface area contributed by atoms with Gasteiger partial charge in [-0.25, -0.2) is 4.99 Å². The van der Waals surface area contributed by atoms with E-state index in [9.17, 15) is 9.59 Å². The number of likely N-dealkylation sites (N-methyl/N-ethyl adjacent to an activating group) is 1. The monoisotopic (exact) mass is 375 g/mol. The van der Waals surface area contributed by atoms with Crippen molar-refractivity contribution in [2.75, 3.05) is 46.8 Å². The normalized spacial score (nSPS) is 22.8. The lowest BCUT2D eigenvalue weighted by Crippen LogP contribution is -2.51. The van der Waals surface area contributed by atoms with Crippen LogP contribution in [0, 0.1) is 5.41 Å². The molecule has 0 bridgehead atoms. The number of carbonyl (C=O) groups is 2. The van der Waals surface area contributed by atoms with Crippen molar-refractivity contribution in [1.29, 1.82) is 0 Å². The van der Waals surface area contributed by atoms with Gasteiger partial charge >= 0.3 is 0 Å². The highest BCUT2D eigenvalue weighted by Crippen LogP contribution is 2.35. The first-order valence-corrected chi connectivity index (χ1v) is 9.50. The second-order valence-electron chi connectivity index (χ2n) is 7.66. The predicted molar refractivity (Wildman–Crippen MR) is 102 cm³/mol. The number of hydrogen-bond acceptors (Lipinski definition) is 4. The zero-order chi connectivity index (χ0) is 19.3. The number of carbonyl (C=O) groups excluding carboxylic acids is 2. The van der Waals surface area contributed by atoms with E-state index in [1.165, 1.54) is 0 Å². The van der Waals surface area contributed by atoms with Gasteiger partial charge in [0.1, 0.15) is 12.3 Å². The molecule has 3 heterocycles. The topological polar surface area (TPSA) is 90.2 Å². The molecule has 1 unspecified atom stereocenters. The van der Waals surface area contributed by atoms with Gasteiger partial charge in [-0.2, -0.15) is 0 Å². The molecule has 148 valence electrons. The minimum atomic E-state index is -0.0373. The summed E-state index contributed by atoms with van der Waals surface area (Å²) in [5, 5.41) is 6.35. The van der Waals surface area contributed by atoms with Crippen molar-refractivity contribution >= 4 is 17.8 Å². The lowest BCUT2D eigenvalue weighted by atomic mass is 9.79. The van der Waals surface area contributed by atoms with Crippen LogP contribution in [0.15, 0.2) is 27.8 Å². The molecule has 1 aromatic heterocycles. The van der Waals surface area contributed by atoms with Gasteiger partial charge < -0.3 is 24.9 Å². The van der Waals surface area contributed by atoms with Crippen LogP contribution >= 0.6 is 0 Å². The highest BCUT2D eigenvalue weighted by Gasteiger charge is 2.42. The van der Waals surface area contributed by atoms with E-state index >= 15 is 0 Å². The second-order valence-corrected chi connectivity index (χ2v) is 7.66. The molecular weight excluding hydrogens is 346 g/mol. The van der Waals surface area contributed by atoms with Gasteiger partial charge in [0.15, 0.2) is 5.96 Å². The number of likely N-dealkylation sites (tertiary alicyclic amines) is 1. The summed E-state index contributed by atoms with van der Waals surface area (Å²) in [7, 11) is 3.46. The molecule has 2 saturated heterocycles. The summed E-state index contributed by atoms with van der Waals surface area (Å²) in [5.41, 5.74) is -0.0235.